The molecule has 0 fully saturated rings. The molecule has 0 bridgehead atoms. The van der Waals surface area contributed by atoms with E-state index in [0.29, 0.717) is 21.6 Å². The molecule has 1 heterocycles. The molecule has 0 aliphatic carbocycles. The van der Waals surface area contributed by atoms with E-state index in [-0.39, 0.29) is 16.6 Å². The Balaban J connectivity index is 1.66. The number of esters is 1. The first-order valence-electron chi connectivity index (χ1n) is 8.94. The number of rotatable bonds is 10. The molecule has 1 aromatic heterocycles. The standard InChI is InChI=1S/C20H26O3SSe/c1-3-15(2)20(22)23-12-8-4-5-9-13-25-18-14-19(21)24-17-11-7-6-10-16(17)18/h6-7,10-11,14-15H,3-5,8-9,12-13H2,1-2H3. The average Bonchev–Trinajstić information content (AvgIpc) is 2.62. The molecule has 1 atom stereocenters. The van der Waals surface area contributed by atoms with Crippen molar-refractivity contribution in [3.05, 3.63) is 39.9 Å². The Labute approximate surface area is 159 Å². The molecule has 3 nitrogen and oxygen atoms in total. The van der Waals surface area contributed by atoms with Crippen LogP contribution >= 0.6 is 11.3 Å². The van der Waals surface area contributed by atoms with Gasteiger partial charge >= 0.3 is 160 Å². The van der Waals surface area contributed by atoms with Gasteiger partial charge in [0.1, 0.15) is 0 Å². The molecule has 0 aliphatic heterocycles. The second kappa shape index (κ2) is 10.7. The van der Waals surface area contributed by atoms with E-state index in [2.05, 4.69) is 6.07 Å². The predicted molar refractivity (Wildman–Crippen MR) is 107 cm³/mol. The van der Waals surface area contributed by atoms with Crippen LogP contribution in [-0.4, -0.2) is 27.5 Å². The first kappa shape index (κ1) is 20.2. The van der Waals surface area contributed by atoms with Gasteiger partial charge in [0.15, 0.2) is 0 Å². The van der Waals surface area contributed by atoms with E-state index in [1.54, 1.807) is 0 Å². The maximum atomic E-state index is 11.8. The number of unbranched alkanes of at least 4 members (excludes halogenated alkanes) is 3. The summed E-state index contributed by atoms with van der Waals surface area (Å²) in [5.74, 6) is -0.0634. The van der Waals surface area contributed by atoms with E-state index in [1.165, 1.54) is 27.6 Å². The van der Waals surface area contributed by atoms with Crippen LogP contribution in [0, 0.1) is 5.92 Å². The van der Waals surface area contributed by atoms with Gasteiger partial charge in [-0.3, -0.25) is 0 Å². The molecule has 2 rings (SSSR count). The van der Waals surface area contributed by atoms with Crippen molar-refractivity contribution in [3.63, 3.8) is 0 Å². The van der Waals surface area contributed by atoms with Crippen molar-refractivity contribution in [1.29, 1.82) is 0 Å². The van der Waals surface area contributed by atoms with Crippen molar-refractivity contribution in [3.8, 4) is 0 Å². The second-order valence-corrected chi connectivity index (χ2v) is 9.60. The van der Waals surface area contributed by atoms with E-state index in [9.17, 15) is 9.59 Å². The van der Waals surface area contributed by atoms with E-state index >= 15 is 0 Å². The van der Waals surface area contributed by atoms with Crippen molar-refractivity contribution >= 4 is 46.8 Å². The third-order valence-corrected chi connectivity index (χ3v) is 7.46. The number of hydrogen-bond acceptors (Lipinski definition) is 4. The maximum absolute atomic E-state index is 11.8. The SMILES string of the molecule is CCC(C)C(=O)OCCCCCC[Se]c1cc(=O)sc2ccccc12. The zero-order valence-electron chi connectivity index (χ0n) is 15.0. The molecule has 0 saturated heterocycles. The molecule has 1 unspecified atom stereocenters. The Morgan fingerprint density at radius 3 is 2.76 bits per heavy atom. The summed E-state index contributed by atoms with van der Waals surface area (Å²) in [6.07, 6.45) is 5.19. The van der Waals surface area contributed by atoms with Gasteiger partial charge in [-0.05, 0) is 0 Å². The molecule has 0 aliphatic rings. The average molecular weight is 425 g/mol. The van der Waals surface area contributed by atoms with E-state index in [1.807, 2.05) is 38.1 Å². The zero-order valence-corrected chi connectivity index (χ0v) is 17.5. The summed E-state index contributed by atoms with van der Waals surface area (Å²) in [4.78, 5) is 23.4. The van der Waals surface area contributed by atoms with Crippen molar-refractivity contribution in [1.82, 2.24) is 0 Å². The molecule has 1 aromatic carbocycles. The van der Waals surface area contributed by atoms with Gasteiger partial charge in [0.2, 0.25) is 0 Å². The predicted octanol–water partition coefficient (Wildman–Crippen LogP) is 4.16. The minimum absolute atomic E-state index is 0.00946. The van der Waals surface area contributed by atoms with Gasteiger partial charge in [0.05, 0.1) is 0 Å². The number of carbonyl (C=O) groups is 1. The third-order valence-electron chi connectivity index (χ3n) is 4.17. The summed E-state index contributed by atoms with van der Waals surface area (Å²) >= 11 is 1.67. The van der Waals surface area contributed by atoms with E-state index in [4.69, 9.17) is 4.74 Å². The van der Waals surface area contributed by atoms with Gasteiger partial charge in [-0.15, -0.1) is 0 Å². The minimum atomic E-state index is -0.0729. The van der Waals surface area contributed by atoms with Crippen molar-refractivity contribution in [2.75, 3.05) is 6.61 Å². The molecule has 136 valence electrons. The molecular weight excluding hydrogens is 399 g/mol. The van der Waals surface area contributed by atoms with Crippen LogP contribution in [0.3, 0.4) is 0 Å². The van der Waals surface area contributed by atoms with Gasteiger partial charge in [-0.1, -0.05) is 0 Å². The van der Waals surface area contributed by atoms with Crippen LogP contribution in [0.15, 0.2) is 35.1 Å². The fraction of sp³-hybridized carbons (Fsp3) is 0.500. The zero-order chi connectivity index (χ0) is 18.1. The van der Waals surface area contributed by atoms with Gasteiger partial charge in [0.25, 0.3) is 0 Å². The summed E-state index contributed by atoms with van der Waals surface area (Å²) in [5, 5.41) is 2.39. The fourth-order valence-electron chi connectivity index (χ4n) is 2.42. The summed E-state index contributed by atoms with van der Waals surface area (Å²) < 4.78 is 7.74. The molecule has 0 spiro atoms. The Kier molecular flexibility index (Phi) is 8.66. The summed E-state index contributed by atoms with van der Waals surface area (Å²) in [7, 11) is 0. The molecule has 2 aromatic rings. The Morgan fingerprint density at radius 1 is 1.20 bits per heavy atom. The molecule has 0 N–H and O–H groups in total. The van der Waals surface area contributed by atoms with Gasteiger partial charge in [-0.2, -0.15) is 0 Å². The third kappa shape index (κ3) is 6.58. The van der Waals surface area contributed by atoms with Crippen LogP contribution < -0.4 is 9.20 Å². The molecular formula is C20H26O3SSe. The second-order valence-electron chi connectivity index (χ2n) is 6.17. The van der Waals surface area contributed by atoms with E-state index in [0.717, 1.165) is 35.7 Å². The number of fused-ring (bicyclic) bond motifs is 1. The topological polar surface area (TPSA) is 43.4 Å². The van der Waals surface area contributed by atoms with Gasteiger partial charge in [0, 0.05) is 0 Å². The van der Waals surface area contributed by atoms with Crippen LogP contribution in [0.4, 0.5) is 0 Å². The van der Waals surface area contributed by atoms with Crippen molar-refractivity contribution in [2.24, 2.45) is 5.92 Å². The fourth-order valence-corrected chi connectivity index (χ4v) is 5.86. The molecule has 25 heavy (non-hydrogen) atoms. The van der Waals surface area contributed by atoms with Crippen LogP contribution in [0.2, 0.25) is 5.32 Å². The van der Waals surface area contributed by atoms with E-state index < -0.39 is 0 Å². The number of hydrogen-bond donors (Lipinski definition) is 0. The van der Waals surface area contributed by atoms with Gasteiger partial charge < -0.3 is 0 Å². The quantitative estimate of drug-likeness (QED) is 0.326. The first-order chi connectivity index (χ1) is 12.1. The van der Waals surface area contributed by atoms with Crippen LogP contribution in [0.25, 0.3) is 10.1 Å². The number of ether oxygens (including phenoxy) is 1. The molecule has 0 saturated carbocycles. The monoisotopic (exact) mass is 426 g/mol. The summed E-state index contributed by atoms with van der Waals surface area (Å²) in [6.45, 7) is 4.45. The Hall–Kier alpha value is -1.16. The molecule has 0 amide bonds. The summed E-state index contributed by atoms with van der Waals surface area (Å²) in [6, 6.07) is 10.00. The van der Waals surface area contributed by atoms with Crippen molar-refractivity contribution in [2.45, 2.75) is 51.3 Å². The Morgan fingerprint density at radius 2 is 1.96 bits per heavy atom. The van der Waals surface area contributed by atoms with Crippen LogP contribution in [-0.2, 0) is 9.53 Å². The normalized spacial score (nSPS) is 12.2. The van der Waals surface area contributed by atoms with Gasteiger partial charge in [-0.25, -0.2) is 0 Å². The number of benzene rings is 1. The Bertz CT molecular complexity index is 741. The summed E-state index contributed by atoms with van der Waals surface area (Å²) in [5.41, 5.74) is 0. The first-order valence-corrected chi connectivity index (χ1v) is 11.8. The van der Waals surface area contributed by atoms with Crippen LogP contribution in [0.5, 0.6) is 0 Å². The number of carbonyl (C=O) groups excluding carboxylic acids is 1. The molecule has 0 radical (unpaired) electrons. The van der Waals surface area contributed by atoms with Crippen molar-refractivity contribution < 1.29 is 9.53 Å². The van der Waals surface area contributed by atoms with Crippen LogP contribution in [0.1, 0.15) is 46.0 Å². The molecule has 5 heteroatoms.